The first-order valence-electron chi connectivity index (χ1n) is 7.42. The van der Waals surface area contributed by atoms with Gasteiger partial charge in [-0.05, 0) is 24.3 Å². The van der Waals surface area contributed by atoms with Crippen LogP contribution in [0.15, 0.2) is 58.8 Å². The number of azo groups is 1. The molecule has 0 aliphatic heterocycles. The van der Waals surface area contributed by atoms with Crippen LogP contribution in [-0.2, 0) is 0 Å². The number of nitrogens with zero attached hydrogens (tertiary/aromatic N) is 4. The van der Waals surface area contributed by atoms with Crippen molar-refractivity contribution in [1.29, 1.82) is 0 Å². The molecule has 0 radical (unpaired) electrons. The third-order valence-electron chi connectivity index (χ3n) is 3.53. The summed E-state index contributed by atoms with van der Waals surface area (Å²) in [6.45, 7) is 0. The lowest BCUT2D eigenvalue weighted by Gasteiger charge is -2.23. The van der Waals surface area contributed by atoms with E-state index in [0.717, 1.165) is 20.3 Å². The van der Waals surface area contributed by atoms with Gasteiger partial charge in [-0.1, -0.05) is 0 Å². The predicted octanol–water partition coefficient (Wildman–Crippen LogP) is 4.50. The molecule has 4 heteroatoms. The number of hydrogen-bond acceptors (Lipinski definition) is 2. The molecule has 0 heterocycles. The standard InChI is InChI=1S/C18H26N4/c1-21(2,3)17-11-7-15(8-12-17)19-20-16-9-13-18(14-10-16)22(4,5)6/h7-14H,1-6H3/q+2. The summed E-state index contributed by atoms with van der Waals surface area (Å²) in [5.41, 5.74) is 4.22. The average Bonchev–Trinajstić information content (AvgIpc) is 2.44. The van der Waals surface area contributed by atoms with E-state index in [2.05, 4.69) is 76.8 Å². The van der Waals surface area contributed by atoms with Gasteiger partial charge in [-0.15, -0.1) is 0 Å². The second-order valence-corrected chi connectivity index (χ2v) is 7.26. The average molecular weight is 298 g/mol. The molecule has 22 heavy (non-hydrogen) atoms. The second-order valence-electron chi connectivity index (χ2n) is 7.26. The summed E-state index contributed by atoms with van der Waals surface area (Å²) in [5, 5.41) is 8.61. The van der Waals surface area contributed by atoms with E-state index in [4.69, 9.17) is 0 Å². The van der Waals surface area contributed by atoms with E-state index in [1.165, 1.54) is 11.4 Å². The van der Waals surface area contributed by atoms with E-state index >= 15 is 0 Å². The maximum absolute atomic E-state index is 4.30. The Balaban J connectivity index is 2.12. The highest BCUT2D eigenvalue weighted by Gasteiger charge is 2.11. The molecule has 0 atom stereocenters. The molecular weight excluding hydrogens is 272 g/mol. The Kier molecular flexibility index (Phi) is 4.44. The summed E-state index contributed by atoms with van der Waals surface area (Å²) >= 11 is 0. The smallest absolute Gasteiger partial charge is 0.132 e. The summed E-state index contributed by atoms with van der Waals surface area (Å²) in [4.78, 5) is 0. The molecule has 0 spiro atoms. The number of rotatable bonds is 4. The molecule has 0 saturated carbocycles. The van der Waals surface area contributed by atoms with Crippen molar-refractivity contribution >= 4 is 22.7 Å². The topological polar surface area (TPSA) is 24.7 Å². The van der Waals surface area contributed by atoms with Gasteiger partial charge in [-0.25, -0.2) is 0 Å². The molecule has 0 aliphatic rings. The summed E-state index contributed by atoms with van der Waals surface area (Å²) < 4.78 is 1.59. The van der Waals surface area contributed by atoms with Gasteiger partial charge in [0.25, 0.3) is 0 Å². The molecule has 0 N–H and O–H groups in total. The quantitative estimate of drug-likeness (QED) is 0.586. The van der Waals surface area contributed by atoms with E-state index in [-0.39, 0.29) is 0 Å². The SMILES string of the molecule is C[N+](C)(C)c1ccc(N=Nc2ccc([N+](C)(C)C)cc2)cc1. The van der Waals surface area contributed by atoms with E-state index in [1.807, 2.05) is 24.3 Å². The zero-order valence-corrected chi connectivity index (χ0v) is 14.4. The van der Waals surface area contributed by atoms with Gasteiger partial charge in [0.2, 0.25) is 0 Å². The zero-order chi connectivity index (χ0) is 16.4. The third-order valence-corrected chi connectivity index (χ3v) is 3.53. The van der Waals surface area contributed by atoms with E-state index in [9.17, 15) is 0 Å². The van der Waals surface area contributed by atoms with Crippen molar-refractivity contribution in [1.82, 2.24) is 8.97 Å². The highest BCUT2D eigenvalue weighted by molar-refractivity contribution is 5.51. The first-order valence-corrected chi connectivity index (χ1v) is 7.42. The Morgan fingerprint density at radius 1 is 0.500 bits per heavy atom. The molecule has 2 rings (SSSR count). The van der Waals surface area contributed by atoms with Gasteiger partial charge in [0, 0.05) is 24.3 Å². The Labute approximate surface area is 133 Å². The number of benzene rings is 2. The lowest BCUT2D eigenvalue weighted by atomic mass is 10.2. The van der Waals surface area contributed by atoms with Crippen LogP contribution in [0.25, 0.3) is 0 Å². The molecule has 2 aromatic rings. The molecule has 4 nitrogen and oxygen atoms in total. The number of quaternary nitrogens is 2. The van der Waals surface area contributed by atoms with Gasteiger partial charge in [0.1, 0.15) is 11.4 Å². The minimum Gasteiger partial charge on any atom is -0.298 e. The molecular formula is C18H26N4+2. The van der Waals surface area contributed by atoms with Crippen molar-refractivity contribution in [2.75, 3.05) is 42.3 Å². The lowest BCUT2D eigenvalue weighted by molar-refractivity contribution is 0.486. The van der Waals surface area contributed by atoms with Gasteiger partial charge in [-0.2, -0.15) is 10.2 Å². The van der Waals surface area contributed by atoms with E-state index in [0.29, 0.717) is 0 Å². The molecule has 0 fully saturated rings. The molecule has 2 aromatic carbocycles. The van der Waals surface area contributed by atoms with Crippen LogP contribution in [0, 0.1) is 0 Å². The number of hydrogen-bond donors (Lipinski definition) is 0. The highest BCUT2D eigenvalue weighted by atomic mass is 15.3. The van der Waals surface area contributed by atoms with Crippen LogP contribution in [0.2, 0.25) is 0 Å². The van der Waals surface area contributed by atoms with E-state index in [1.54, 1.807) is 0 Å². The van der Waals surface area contributed by atoms with Gasteiger partial charge in [0.05, 0.1) is 53.7 Å². The molecule has 0 aliphatic carbocycles. The van der Waals surface area contributed by atoms with Crippen LogP contribution < -0.4 is 8.97 Å². The maximum Gasteiger partial charge on any atom is 0.132 e. The van der Waals surface area contributed by atoms with Gasteiger partial charge < -0.3 is 0 Å². The Morgan fingerprint density at radius 2 is 0.773 bits per heavy atom. The summed E-state index contributed by atoms with van der Waals surface area (Å²) in [5.74, 6) is 0. The largest absolute Gasteiger partial charge is 0.298 e. The lowest BCUT2D eigenvalue weighted by Crippen LogP contribution is -2.34. The van der Waals surface area contributed by atoms with Crippen LogP contribution in [-0.4, -0.2) is 42.3 Å². The monoisotopic (exact) mass is 298 g/mol. The van der Waals surface area contributed by atoms with Crippen LogP contribution in [0.4, 0.5) is 22.7 Å². The third kappa shape index (κ3) is 4.23. The summed E-state index contributed by atoms with van der Waals surface area (Å²) in [6, 6.07) is 16.4. The second kappa shape index (κ2) is 5.99. The summed E-state index contributed by atoms with van der Waals surface area (Å²) in [6.07, 6.45) is 0. The Hall–Kier alpha value is -2.04. The first kappa shape index (κ1) is 16.3. The summed E-state index contributed by atoms with van der Waals surface area (Å²) in [7, 11) is 12.9. The van der Waals surface area contributed by atoms with Crippen molar-refractivity contribution in [3.8, 4) is 0 Å². The molecule has 0 aromatic heterocycles. The highest BCUT2D eigenvalue weighted by Crippen LogP contribution is 2.25. The molecule has 0 unspecified atom stereocenters. The van der Waals surface area contributed by atoms with Crippen LogP contribution in [0.1, 0.15) is 0 Å². The van der Waals surface area contributed by atoms with Gasteiger partial charge in [0.15, 0.2) is 0 Å². The van der Waals surface area contributed by atoms with Crippen molar-refractivity contribution in [3.63, 3.8) is 0 Å². The Bertz CT molecular complexity index is 582. The normalized spacial score (nSPS) is 12.8. The molecule has 0 bridgehead atoms. The molecule has 0 amide bonds. The molecule has 116 valence electrons. The fourth-order valence-electron chi connectivity index (χ4n) is 2.05. The van der Waals surface area contributed by atoms with Crippen LogP contribution >= 0.6 is 0 Å². The molecule has 0 saturated heterocycles. The van der Waals surface area contributed by atoms with Gasteiger partial charge in [-0.3, -0.25) is 8.97 Å². The van der Waals surface area contributed by atoms with Crippen LogP contribution in [0.3, 0.4) is 0 Å². The zero-order valence-electron chi connectivity index (χ0n) is 14.4. The van der Waals surface area contributed by atoms with Gasteiger partial charge >= 0.3 is 0 Å². The Morgan fingerprint density at radius 3 is 1.00 bits per heavy atom. The van der Waals surface area contributed by atoms with Crippen molar-refractivity contribution in [2.24, 2.45) is 10.2 Å². The predicted molar refractivity (Wildman–Crippen MR) is 96.2 cm³/mol. The maximum atomic E-state index is 4.30. The minimum absolute atomic E-state index is 0.796. The fraction of sp³-hybridized carbons (Fsp3) is 0.333. The van der Waals surface area contributed by atoms with Crippen molar-refractivity contribution in [3.05, 3.63) is 48.5 Å². The van der Waals surface area contributed by atoms with E-state index < -0.39 is 0 Å². The minimum atomic E-state index is 0.796. The van der Waals surface area contributed by atoms with Crippen molar-refractivity contribution < 1.29 is 0 Å². The van der Waals surface area contributed by atoms with Crippen molar-refractivity contribution in [2.45, 2.75) is 0 Å². The first-order chi connectivity index (χ1) is 10.2. The van der Waals surface area contributed by atoms with Crippen LogP contribution in [0.5, 0.6) is 0 Å². The fourth-order valence-corrected chi connectivity index (χ4v) is 2.05.